The second kappa shape index (κ2) is 24.7. The van der Waals surface area contributed by atoms with Gasteiger partial charge in [-0.05, 0) is 75.5 Å². The average Bonchev–Trinajstić information content (AvgIpc) is 3.08. The maximum Gasteiger partial charge on any atom is 0.329 e. The smallest absolute Gasteiger partial charge is 0.329 e. The molecule has 0 aliphatic rings. The molecular weight excluding hydrogens is 729 g/mol. The van der Waals surface area contributed by atoms with Gasteiger partial charge < -0.3 is 43.9 Å². The second-order valence-corrected chi connectivity index (χ2v) is 16.1. The van der Waals surface area contributed by atoms with Gasteiger partial charge >= 0.3 is 11.9 Å². The first-order valence-electron chi connectivity index (χ1n) is 17.2. The van der Waals surface area contributed by atoms with Crippen molar-refractivity contribution in [3.63, 3.8) is 0 Å². The van der Waals surface area contributed by atoms with Crippen LogP contribution in [0, 0.1) is 5.41 Å². The van der Waals surface area contributed by atoms with E-state index >= 15 is 0 Å². The molecule has 2 rings (SSSR count). The average molecular weight is 784 g/mol. The fourth-order valence-corrected chi connectivity index (χ4v) is 6.81. The number of amides is 2. The summed E-state index contributed by atoms with van der Waals surface area (Å²) in [4.78, 5) is 56.0. The third-order valence-electron chi connectivity index (χ3n) is 6.64. The van der Waals surface area contributed by atoms with Crippen molar-refractivity contribution in [2.45, 2.75) is 58.0 Å². The zero-order chi connectivity index (χ0) is 39.1. The quantitative estimate of drug-likeness (QED) is 0.0435. The molecule has 2 amide bonds. The van der Waals surface area contributed by atoms with Crippen LogP contribution in [0.2, 0.25) is 0 Å². The van der Waals surface area contributed by atoms with Gasteiger partial charge in [-0.1, -0.05) is 13.8 Å². The molecule has 1 aromatic carbocycles. The molecule has 2 aromatic rings. The van der Waals surface area contributed by atoms with Gasteiger partial charge in [0.2, 0.25) is 11.9 Å². The number of carboxylic acids is 1. The summed E-state index contributed by atoms with van der Waals surface area (Å²) in [7, 11) is -0.747. The third-order valence-corrected chi connectivity index (χ3v) is 9.26. The highest BCUT2D eigenvalue weighted by molar-refractivity contribution is 8.00. The summed E-state index contributed by atoms with van der Waals surface area (Å²) in [6.07, 6.45) is 4.82. The summed E-state index contributed by atoms with van der Waals surface area (Å²) >= 11 is 1.33. The molecule has 0 bridgehead atoms. The van der Waals surface area contributed by atoms with Gasteiger partial charge in [0.15, 0.2) is 0 Å². The van der Waals surface area contributed by atoms with Crippen molar-refractivity contribution in [1.82, 2.24) is 20.6 Å². The number of aromatic nitrogens is 2. The van der Waals surface area contributed by atoms with Gasteiger partial charge in [0.05, 0.1) is 53.4 Å². The lowest BCUT2D eigenvalue weighted by Gasteiger charge is -2.28. The molecule has 1 aromatic heterocycles. The van der Waals surface area contributed by atoms with Crippen LogP contribution in [0.1, 0.15) is 57.8 Å². The molecule has 0 fully saturated rings. The Labute approximate surface area is 317 Å². The Hall–Kier alpha value is -3.60. The highest BCUT2D eigenvalue weighted by Crippen LogP contribution is 2.42. The molecule has 0 aliphatic carbocycles. The number of nitrogens with one attached hydrogen (secondary N) is 3. The first-order chi connectivity index (χ1) is 25.1. The number of carboxylic acid groups (broad SMARTS) is 1. The summed E-state index contributed by atoms with van der Waals surface area (Å²) in [6, 6.07) is 7.69. The lowest BCUT2D eigenvalue weighted by Crippen LogP contribution is -2.31. The van der Waals surface area contributed by atoms with E-state index in [2.05, 4.69) is 45.8 Å². The Bertz CT molecular complexity index is 1400. The van der Waals surface area contributed by atoms with Crippen LogP contribution in [-0.2, 0) is 38.1 Å². The van der Waals surface area contributed by atoms with E-state index in [-0.39, 0.29) is 89.1 Å². The molecule has 1 atom stereocenters. The third kappa shape index (κ3) is 22.9. The van der Waals surface area contributed by atoms with Crippen LogP contribution >= 0.6 is 20.1 Å². The molecule has 0 saturated carbocycles. The standard InChI is InChI=1S/C35H54N5O11PS/c1-34(2,3)50-31(44)11-12-35(4,5)25-52(6)51-27-7-9-28(10-8-27)53-40-33-38-21-26(22-39-33)32(45)37-14-16-47-17-19-48-23-29(41)36-13-15-46-18-20-49-24-30(42)43/h7-10,21-22H,11-20,23-25H2,1-6H3,(H,36,41)(H,37,45)(H,42,43)(H,38,39,40). The molecule has 0 radical (unpaired) electrons. The molecule has 0 aliphatic heterocycles. The van der Waals surface area contributed by atoms with E-state index in [9.17, 15) is 19.2 Å². The number of nitrogens with zero attached hydrogens (tertiary/aromatic N) is 2. The Morgan fingerprint density at radius 3 is 2.00 bits per heavy atom. The fraction of sp³-hybridized carbons (Fsp3) is 0.600. The topological polar surface area (TPSA) is 206 Å². The highest BCUT2D eigenvalue weighted by Gasteiger charge is 2.25. The first-order valence-corrected chi connectivity index (χ1v) is 19.9. The SMILES string of the molecule is CP(CC(C)(C)CCC(=O)OC(C)(C)C)Oc1ccc(SNc2ncc(C(=O)NCCOCCOCC(=O)NCCOCCOCC(=O)O)cn2)cc1. The van der Waals surface area contributed by atoms with Crippen molar-refractivity contribution >= 4 is 49.8 Å². The number of hydrogen-bond acceptors (Lipinski definition) is 14. The number of anilines is 1. The zero-order valence-electron chi connectivity index (χ0n) is 31.4. The van der Waals surface area contributed by atoms with Crippen LogP contribution in [0.5, 0.6) is 5.75 Å². The largest absolute Gasteiger partial charge is 0.480 e. The van der Waals surface area contributed by atoms with Crippen LogP contribution in [0.25, 0.3) is 0 Å². The van der Waals surface area contributed by atoms with Crippen molar-refractivity contribution in [1.29, 1.82) is 0 Å². The van der Waals surface area contributed by atoms with Gasteiger partial charge in [0.1, 0.15) is 24.6 Å². The van der Waals surface area contributed by atoms with Gasteiger partial charge in [-0.2, -0.15) is 0 Å². The number of carbonyl (C=O) groups is 4. The lowest BCUT2D eigenvalue weighted by atomic mass is 9.90. The van der Waals surface area contributed by atoms with E-state index in [1.807, 2.05) is 45.0 Å². The van der Waals surface area contributed by atoms with Crippen LogP contribution in [0.3, 0.4) is 0 Å². The first kappa shape index (κ1) is 45.6. The molecule has 0 spiro atoms. The predicted octanol–water partition coefficient (Wildman–Crippen LogP) is 4.15. The Balaban J connectivity index is 1.55. The predicted molar refractivity (Wildman–Crippen MR) is 201 cm³/mol. The van der Waals surface area contributed by atoms with Crippen molar-refractivity contribution in [2.75, 3.05) is 83.5 Å². The minimum Gasteiger partial charge on any atom is -0.480 e. The Kier molecular flexibility index (Phi) is 21.2. The van der Waals surface area contributed by atoms with Gasteiger partial charge in [0, 0.05) is 43.0 Å². The molecule has 1 unspecified atom stereocenters. The molecule has 16 nitrogen and oxygen atoms in total. The second-order valence-electron chi connectivity index (χ2n) is 13.4. The number of benzene rings is 1. The minimum absolute atomic E-state index is 0.0631. The van der Waals surface area contributed by atoms with Crippen molar-refractivity contribution < 1.29 is 52.5 Å². The molecular formula is C35H54N5O11PS. The normalized spacial score (nSPS) is 12.1. The van der Waals surface area contributed by atoms with Crippen molar-refractivity contribution in [2.24, 2.45) is 5.41 Å². The van der Waals surface area contributed by atoms with Gasteiger partial charge in [0.25, 0.3) is 5.91 Å². The van der Waals surface area contributed by atoms with Crippen LogP contribution < -0.4 is 19.9 Å². The van der Waals surface area contributed by atoms with E-state index in [1.165, 1.54) is 24.3 Å². The summed E-state index contributed by atoms with van der Waals surface area (Å²) in [5.74, 6) is -0.739. The molecule has 0 saturated heterocycles. The summed E-state index contributed by atoms with van der Waals surface area (Å²) in [5, 5.41) is 13.8. The molecule has 296 valence electrons. The molecule has 53 heavy (non-hydrogen) atoms. The minimum atomic E-state index is -1.04. The molecule has 4 N–H and O–H groups in total. The number of aliphatic carboxylic acids is 1. The number of hydrogen-bond donors (Lipinski definition) is 4. The van der Waals surface area contributed by atoms with E-state index in [1.54, 1.807) is 0 Å². The number of carbonyl (C=O) groups excluding carboxylic acids is 3. The molecule has 18 heteroatoms. The van der Waals surface area contributed by atoms with E-state index < -0.39 is 19.7 Å². The maximum absolute atomic E-state index is 12.4. The van der Waals surface area contributed by atoms with E-state index in [0.29, 0.717) is 17.9 Å². The number of ether oxygens (including phenoxy) is 5. The number of esters is 1. The summed E-state index contributed by atoms with van der Waals surface area (Å²) < 4.78 is 35.4. The Morgan fingerprint density at radius 2 is 1.40 bits per heavy atom. The van der Waals surface area contributed by atoms with Crippen molar-refractivity contribution in [3.05, 3.63) is 42.2 Å². The number of rotatable bonds is 27. The summed E-state index contributed by atoms with van der Waals surface area (Å²) in [5.41, 5.74) is -0.240. The summed E-state index contributed by atoms with van der Waals surface area (Å²) in [6.45, 7) is 13.4. The van der Waals surface area contributed by atoms with Gasteiger partial charge in [-0.25, -0.2) is 14.8 Å². The monoisotopic (exact) mass is 783 g/mol. The zero-order valence-corrected chi connectivity index (χ0v) is 33.1. The Morgan fingerprint density at radius 1 is 0.811 bits per heavy atom. The van der Waals surface area contributed by atoms with E-state index in [4.69, 9.17) is 33.3 Å². The lowest BCUT2D eigenvalue weighted by molar-refractivity contribution is -0.155. The van der Waals surface area contributed by atoms with Crippen LogP contribution in [0.15, 0.2) is 41.6 Å². The van der Waals surface area contributed by atoms with E-state index in [0.717, 1.165) is 23.2 Å². The van der Waals surface area contributed by atoms with Gasteiger partial charge in [-0.3, -0.25) is 19.1 Å². The van der Waals surface area contributed by atoms with Crippen LogP contribution in [0.4, 0.5) is 5.95 Å². The molecule has 1 heterocycles. The fourth-order valence-electron chi connectivity index (χ4n) is 4.31. The van der Waals surface area contributed by atoms with Crippen LogP contribution in [-0.4, -0.2) is 123 Å². The van der Waals surface area contributed by atoms with Crippen molar-refractivity contribution in [3.8, 4) is 5.75 Å². The van der Waals surface area contributed by atoms with Gasteiger partial charge in [-0.15, -0.1) is 0 Å². The maximum atomic E-state index is 12.4. The highest BCUT2D eigenvalue weighted by atomic mass is 32.2.